The Morgan fingerprint density at radius 1 is 1.50 bits per heavy atom. The zero-order valence-electron chi connectivity index (χ0n) is 12.5. The molecule has 116 valence electrons. The summed E-state index contributed by atoms with van der Waals surface area (Å²) in [6, 6.07) is 5.31. The van der Waals surface area contributed by atoms with Gasteiger partial charge in [-0.05, 0) is 32.1 Å². The minimum atomic E-state index is -0.501. The van der Waals surface area contributed by atoms with Crippen LogP contribution in [-0.2, 0) is 11.3 Å². The van der Waals surface area contributed by atoms with Crippen LogP contribution in [0.15, 0.2) is 22.6 Å². The van der Waals surface area contributed by atoms with Gasteiger partial charge in [0, 0.05) is 18.0 Å². The van der Waals surface area contributed by atoms with Gasteiger partial charge >= 0.3 is 5.97 Å². The van der Waals surface area contributed by atoms with E-state index in [1.807, 2.05) is 17.7 Å². The van der Waals surface area contributed by atoms with Gasteiger partial charge in [0.1, 0.15) is 5.58 Å². The monoisotopic (exact) mass is 302 g/mol. The smallest absolute Gasteiger partial charge is 0.373 e. The molecule has 2 aromatic heterocycles. The number of nitrogens with zero attached hydrogens (tertiary/aromatic N) is 2. The second kappa shape index (κ2) is 5.69. The summed E-state index contributed by atoms with van der Waals surface area (Å²) in [7, 11) is 3.23. The summed E-state index contributed by atoms with van der Waals surface area (Å²) in [5.74, 6) is 0.129. The summed E-state index contributed by atoms with van der Waals surface area (Å²) < 4.78 is 12.2. The maximum absolute atomic E-state index is 11.6. The van der Waals surface area contributed by atoms with Crippen LogP contribution < -0.4 is 11.1 Å². The number of methoxy groups -OCH3 is 1. The van der Waals surface area contributed by atoms with Crippen molar-refractivity contribution in [3.8, 4) is 0 Å². The molecule has 0 bridgehead atoms. The molecule has 0 radical (unpaired) electrons. The first-order chi connectivity index (χ1) is 10.7. The van der Waals surface area contributed by atoms with E-state index < -0.39 is 5.97 Å². The van der Waals surface area contributed by atoms with E-state index in [0.29, 0.717) is 11.5 Å². The predicted octanol–water partition coefficient (Wildman–Crippen LogP) is 1.76. The maximum atomic E-state index is 11.6. The van der Waals surface area contributed by atoms with Crippen molar-refractivity contribution in [1.82, 2.24) is 14.9 Å². The predicted molar refractivity (Wildman–Crippen MR) is 83.8 cm³/mol. The molecule has 0 aliphatic heterocycles. The Hall–Kier alpha value is -2.54. The first kappa shape index (κ1) is 14.4. The molecule has 3 rings (SSSR count). The summed E-state index contributed by atoms with van der Waals surface area (Å²) in [6.07, 6.45) is 0.921. The highest BCUT2D eigenvalue weighted by atomic mass is 16.5. The number of nitrogens with one attached hydrogen (secondary N) is 1. The summed E-state index contributed by atoms with van der Waals surface area (Å²) in [5.41, 5.74) is 8.31. The Kier molecular flexibility index (Phi) is 3.72. The number of esters is 1. The van der Waals surface area contributed by atoms with E-state index in [-0.39, 0.29) is 5.76 Å². The van der Waals surface area contributed by atoms with Gasteiger partial charge in [-0.2, -0.15) is 0 Å². The fourth-order valence-electron chi connectivity index (χ4n) is 2.60. The third-order valence-electron chi connectivity index (χ3n) is 3.63. The molecule has 0 amide bonds. The maximum Gasteiger partial charge on any atom is 0.373 e. The number of hydrogen-bond donors (Lipinski definition) is 2. The van der Waals surface area contributed by atoms with Crippen LogP contribution in [0.3, 0.4) is 0 Å². The summed E-state index contributed by atoms with van der Waals surface area (Å²) >= 11 is 0. The highest BCUT2D eigenvalue weighted by molar-refractivity contribution is 6.06. The fourth-order valence-corrected chi connectivity index (χ4v) is 2.60. The number of hydrogen-bond acceptors (Lipinski definition) is 6. The highest BCUT2D eigenvalue weighted by Crippen LogP contribution is 2.30. The molecule has 0 atom stereocenters. The number of ether oxygens (including phenoxy) is 1. The molecule has 0 unspecified atom stereocenters. The topological polar surface area (TPSA) is 95.3 Å². The zero-order chi connectivity index (χ0) is 15.7. The van der Waals surface area contributed by atoms with Gasteiger partial charge < -0.3 is 24.8 Å². The van der Waals surface area contributed by atoms with E-state index in [1.165, 1.54) is 7.11 Å². The first-order valence-electron chi connectivity index (χ1n) is 7.07. The highest BCUT2D eigenvalue weighted by Gasteiger charge is 2.18. The van der Waals surface area contributed by atoms with Gasteiger partial charge in [0.15, 0.2) is 0 Å². The van der Waals surface area contributed by atoms with Gasteiger partial charge in [0.25, 0.3) is 0 Å². The third kappa shape index (κ3) is 2.29. The second-order valence-corrected chi connectivity index (χ2v) is 5.03. The average molecular weight is 302 g/mol. The number of rotatable bonds is 5. The molecule has 7 heteroatoms. The molecule has 7 nitrogen and oxygen atoms in total. The average Bonchev–Trinajstić information content (AvgIpc) is 3.07. The van der Waals surface area contributed by atoms with Crippen LogP contribution in [0.5, 0.6) is 0 Å². The van der Waals surface area contributed by atoms with Crippen molar-refractivity contribution >= 4 is 33.9 Å². The fraction of sp³-hybridized carbons (Fsp3) is 0.333. The number of nitrogen functional groups attached to an aromatic ring is 1. The number of aromatic nitrogens is 2. The van der Waals surface area contributed by atoms with Crippen LogP contribution in [0, 0.1) is 0 Å². The first-order valence-corrected chi connectivity index (χ1v) is 7.07. The van der Waals surface area contributed by atoms with Crippen molar-refractivity contribution < 1.29 is 13.9 Å². The molecule has 3 aromatic rings. The molecule has 3 N–H and O–H groups in total. The van der Waals surface area contributed by atoms with Crippen LogP contribution in [0.2, 0.25) is 0 Å². The number of aryl methyl sites for hydroxylation is 1. The quantitative estimate of drug-likeness (QED) is 0.551. The van der Waals surface area contributed by atoms with Crippen molar-refractivity contribution in [2.24, 2.45) is 0 Å². The largest absolute Gasteiger partial charge is 0.463 e. The Labute approximate surface area is 127 Å². The van der Waals surface area contributed by atoms with Crippen molar-refractivity contribution in [2.75, 3.05) is 26.4 Å². The number of benzene rings is 1. The molecule has 0 spiro atoms. The molecular weight excluding hydrogens is 284 g/mol. The van der Waals surface area contributed by atoms with Gasteiger partial charge in [-0.15, -0.1) is 0 Å². The van der Waals surface area contributed by atoms with Gasteiger partial charge in [-0.1, -0.05) is 0 Å². The summed E-state index contributed by atoms with van der Waals surface area (Å²) in [6.45, 7) is 1.62. The third-order valence-corrected chi connectivity index (χ3v) is 3.63. The molecular formula is C15H18N4O3. The zero-order valence-corrected chi connectivity index (χ0v) is 12.5. The summed E-state index contributed by atoms with van der Waals surface area (Å²) in [4.78, 5) is 16.0. The number of imidazole rings is 1. The molecule has 22 heavy (non-hydrogen) atoms. The normalized spacial score (nSPS) is 11.4. The Bertz CT molecular complexity index is 834. The Balaban J connectivity index is 2.16. The van der Waals surface area contributed by atoms with E-state index in [0.717, 1.165) is 35.9 Å². The number of carbonyl (C=O) groups excluding carboxylic acids is 1. The standard InChI is InChI=1S/C15H18N4O3/c1-17-6-3-7-19-13-9-8-12(14(20)21-2)22-11(9)5-4-10(13)18-15(19)16/h4-5,8,17H,3,6-7H2,1-2H3,(H2,16,18). The number of anilines is 1. The number of fused-ring (bicyclic) bond motifs is 3. The van der Waals surface area contributed by atoms with Crippen molar-refractivity contribution in [1.29, 1.82) is 0 Å². The Morgan fingerprint density at radius 2 is 2.32 bits per heavy atom. The lowest BCUT2D eigenvalue weighted by Gasteiger charge is -2.06. The van der Waals surface area contributed by atoms with Crippen LogP contribution in [0.4, 0.5) is 5.95 Å². The SMILES string of the molecule is CNCCCn1c(N)nc2ccc3oc(C(=O)OC)cc3c21. The molecule has 0 aliphatic rings. The molecule has 0 fully saturated rings. The van der Waals surface area contributed by atoms with Crippen LogP contribution in [0.1, 0.15) is 17.0 Å². The van der Waals surface area contributed by atoms with Gasteiger partial charge in [-0.25, -0.2) is 9.78 Å². The van der Waals surface area contributed by atoms with Crippen molar-refractivity contribution in [3.05, 3.63) is 24.0 Å². The Morgan fingerprint density at radius 3 is 3.05 bits per heavy atom. The van der Waals surface area contributed by atoms with Crippen LogP contribution in [-0.4, -0.2) is 36.2 Å². The van der Waals surface area contributed by atoms with E-state index in [2.05, 4.69) is 10.3 Å². The lowest BCUT2D eigenvalue weighted by molar-refractivity contribution is 0.0567. The van der Waals surface area contributed by atoms with E-state index in [1.54, 1.807) is 12.1 Å². The molecule has 0 saturated carbocycles. The van der Waals surface area contributed by atoms with E-state index >= 15 is 0 Å². The molecule has 0 saturated heterocycles. The van der Waals surface area contributed by atoms with Gasteiger partial charge in [-0.3, -0.25) is 0 Å². The van der Waals surface area contributed by atoms with Crippen LogP contribution in [0.25, 0.3) is 22.0 Å². The second-order valence-electron chi connectivity index (χ2n) is 5.03. The minimum Gasteiger partial charge on any atom is -0.463 e. The van der Waals surface area contributed by atoms with Crippen molar-refractivity contribution in [2.45, 2.75) is 13.0 Å². The number of carbonyl (C=O) groups is 1. The lowest BCUT2D eigenvalue weighted by atomic mass is 10.2. The van der Waals surface area contributed by atoms with Crippen molar-refractivity contribution in [3.63, 3.8) is 0 Å². The van der Waals surface area contributed by atoms with Gasteiger partial charge in [0.05, 0.1) is 18.1 Å². The molecule has 0 aliphatic carbocycles. The molecule has 1 aromatic carbocycles. The number of nitrogens with two attached hydrogens (primary N) is 1. The van der Waals surface area contributed by atoms with E-state index in [4.69, 9.17) is 14.9 Å². The molecule has 2 heterocycles. The lowest BCUT2D eigenvalue weighted by Crippen LogP contribution is -2.12. The number of furan rings is 1. The van der Waals surface area contributed by atoms with Crippen LogP contribution >= 0.6 is 0 Å². The van der Waals surface area contributed by atoms with E-state index in [9.17, 15) is 4.79 Å². The summed E-state index contributed by atoms with van der Waals surface area (Å²) in [5, 5.41) is 3.92. The van der Waals surface area contributed by atoms with Gasteiger partial charge in [0.2, 0.25) is 11.7 Å². The minimum absolute atomic E-state index is 0.173.